The topological polar surface area (TPSA) is 102 Å². The van der Waals surface area contributed by atoms with Gasteiger partial charge in [0.2, 0.25) is 15.9 Å². The zero-order valence-corrected chi connectivity index (χ0v) is 32.0. The molecule has 4 aromatic rings. The second-order valence-electron chi connectivity index (χ2n) is 14.0. The highest BCUT2D eigenvalue weighted by atomic mass is 32.2. The lowest BCUT2D eigenvalue weighted by Crippen LogP contribution is -2.48. The number of aromatic nitrogens is 1. The number of methoxy groups -OCH3 is 1. The predicted octanol–water partition coefficient (Wildman–Crippen LogP) is 6.13. The largest absolute Gasteiger partial charge is 0.497 e. The maximum absolute atomic E-state index is 14.8. The zero-order valence-electron chi connectivity index (χ0n) is 31.2. The number of benzene rings is 3. The van der Waals surface area contributed by atoms with Crippen LogP contribution in [0, 0.1) is 13.8 Å². The van der Waals surface area contributed by atoms with E-state index in [2.05, 4.69) is 16.0 Å². The van der Waals surface area contributed by atoms with Crippen LogP contribution in [0.25, 0.3) is 0 Å². The van der Waals surface area contributed by atoms with Crippen LogP contribution in [0.4, 0.5) is 0 Å². The smallest absolute Gasteiger partial charge is 0.248 e. The van der Waals surface area contributed by atoms with E-state index in [-0.39, 0.29) is 30.6 Å². The normalized spacial score (nSPS) is 16.4. The SMILES string of the molecule is COc1cc(C)c(S(=O)(=O)N(CCOCC(=O)N2CCC(OCCN3CCCC3)(c3cccnc3)CC2)C(c2ccccc2)c2ccccc2)c(C)c1. The standard InChI is InChI=1S/C42H52N4O6S/c1-33-29-38(50-3)30-34(2)41(33)53(48,49)46(40(35-13-6-4-7-14-35)36-15-8-5-9-16-36)26-27-51-32-39(47)45-23-18-42(19-24-45,37-17-12-20-43-31-37)52-28-25-44-21-10-11-22-44/h4-9,12-17,20,29-31,40H,10-11,18-19,21-28,32H2,1-3H3. The summed E-state index contributed by atoms with van der Waals surface area (Å²) in [5, 5.41) is 0. The highest BCUT2D eigenvalue weighted by molar-refractivity contribution is 7.89. The molecule has 0 spiro atoms. The van der Waals surface area contributed by atoms with Crippen molar-refractivity contribution in [1.29, 1.82) is 0 Å². The van der Waals surface area contributed by atoms with Gasteiger partial charge in [0.1, 0.15) is 12.4 Å². The van der Waals surface area contributed by atoms with Crippen molar-refractivity contribution in [3.8, 4) is 5.75 Å². The first-order valence-corrected chi connectivity index (χ1v) is 20.1. The fourth-order valence-corrected chi connectivity index (χ4v) is 9.79. The number of pyridine rings is 1. The van der Waals surface area contributed by atoms with Crippen molar-refractivity contribution in [3.05, 3.63) is 125 Å². The van der Waals surface area contributed by atoms with Gasteiger partial charge in [0.25, 0.3) is 0 Å². The third-order valence-corrected chi connectivity index (χ3v) is 12.7. The van der Waals surface area contributed by atoms with Crippen molar-refractivity contribution < 1.29 is 27.4 Å². The fraction of sp³-hybridized carbons (Fsp3) is 0.429. The molecule has 3 heterocycles. The molecule has 0 radical (unpaired) electrons. The maximum Gasteiger partial charge on any atom is 0.248 e. The van der Waals surface area contributed by atoms with Gasteiger partial charge in [-0.1, -0.05) is 66.7 Å². The minimum Gasteiger partial charge on any atom is -0.497 e. The van der Waals surface area contributed by atoms with Crippen LogP contribution in [0.3, 0.4) is 0 Å². The van der Waals surface area contributed by atoms with Crippen LogP contribution < -0.4 is 4.74 Å². The summed E-state index contributed by atoms with van der Waals surface area (Å²) in [7, 11) is -2.51. The van der Waals surface area contributed by atoms with Crippen molar-refractivity contribution in [1.82, 2.24) is 19.1 Å². The second-order valence-corrected chi connectivity index (χ2v) is 15.8. The highest BCUT2D eigenvalue weighted by Gasteiger charge is 2.39. The molecule has 1 aromatic heterocycles. The molecule has 10 nitrogen and oxygen atoms in total. The van der Waals surface area contributed by atoms with E-state index >= 15 is 0 Å². The summed E-state index contributed by atoms with van der Waals surface area (Å²) in [6.45, 7) is 8.32. The number of amides is 1. The van der Waals surface area contributed by atoms with Crippen LogP contribution in [0.5, 0.6) is 5.75 Å². The molecule has 0 bridgehead atoms. The Kier molecular flexibility index (Phi) is 13.0. The number of carbonyl (C=O) groups excluding carboxylic acids is 1. The first-order chi connectivity index (χ1) is 25.7. The molecular formula is C42H52N4O6S. The Bertz CT molecular complexity index is 1820. The number of hydrogen-bond donors (Lipinski definition) is 0. The van der Waals surface area contributed by atoms with Crippen molar-refractivity contribution in [2.24, 2.45) is 0 Å². The predicted molar refractivity (Wildman–Crippen MR) is 205 cm³/mol. The first kappa shape index (κ1) is 38.6. The molecule has 6 rings (SSSR count). The van der Waals surface area contributed by atoms with Crippen molar-refractivity contribution >= 4 is 15.9 Å². The van der Waals surface area contributed by atoms with Crippen LogP contribution in [0.1, 0.15) is 59.5 Å². The third kappa shape index (κ3) is 9.16. The number of rotatable bonds is 16. The van der Waals surface area contributed by atoms with E-state index in [9.17, 15) is 13.2 Å². The molecule has 2 saturated heterocycles. The number of sulfonamides is 1. The Hall–Kier alpha value is -4.13. The average Bonchev–Trinajstić information content (AvgIpc) is 3.70. The zero-order chi connectivity index (χ0) is 37.3. The summed E-state index contributed by atoms with van der Waals surface area (Å²) in [6, 6.07) is 26.1. The minimum atomic E-state index is -4.08. The number of hydrogen-bond acceptors (Lipinski definition) is 8. The van der Waals surface area contributed by atoms with E-state index in [1.807, 2.05) is 77.8 Å². The molecule has 0 atom stereocenters. The van der Waals surface area contributed by atoms with E-state index in [0.717, 1.165) is 36.3 Å². The Balaban J connectivity index is 1.16. The van der Waals surface area contributed by atoms with E-state index in [1.165, 1.54) is 17.1 Å². The van der Waals surface area contributed by atoms with Gasteiger partial charge in [-0.3, -0.25) is 9.78 Å². The molecule has 2 fully saturated rings. The number of carbonyl (C=O) groups is 1. The lowest BCUT2D eigenvalue weighted by Gasteiger charge is -2.42. The Morgan fingerprint density at radius 3 is 2.06 bits per heavy atom. The van der Waals surface area contributed by atoms with Gasteiger partial charge in [-0.15, -0.1) is 0 Å². The molecule has 1 amide bonds. The molecule has 11 heteroatoms. The van der Waals surface area contributed by atoms with Gasteiger partial charge in [-0.05, 0) is 93.1 Å². The second kappa shape index (κ2) is 17.8. The fourth-order valence-electron chi connectivity index (χ4n) is 7.78. The van der Waals surface area contributed by atoms with Crippen LogP contribution >= 0.6 is 0 Å². The monoisotopic (exact) mass is 740 g/mol. The summed E-state index contributed by atoms with van der Waals surface area (Å²) in [5.41, 5.74) is 3.39. The van der Waals surface area contributed by atoms with Gasteiger partial charge in [-0.25, -0.2) is 8.42 Å². The summed E-state index contributed by atoms with van der Waals surface area (Å²) >= 11 is 0. The molecule has 0 unspecified atom stereocenters. The van der Waals surface area contributed by atoms with Gasteiger partial charge >= 0.3 is 0 Å². The number of aryl methyl sites for hydroxylation is 2. The Morgan fingerprint density at radius 1 is 0.868 bits per heavy atom. The van der Waals surface area contributed by atoms with Crippen molar-refractivity contribution in [2.75, 3.05) is 66.2 Å². The van der Waals surface area contributed by atoms with Crippen LogP contribution in [-0.2, 0) is 29.9 Å². The molecule has 3 aromatic carbocycles. The molecule has 282 valence electrons. The molecule has 0 aliphatic carbocycles. The van der Waals surface area contributed by atoms with E-state index in [1.54, 1.807) is 39.3 Å². The summed E-state index contributed by atoms with van der Waals surface area (Å²) < 4.78 is 49.2. The highest BCUT2D eigenvalue weighted by Crippen LogP contribution is 2.38. The molecule has 53 heavy (non-hydrogen) atoms. The molecule has 0 N–H and O–H groups in total. The van der Waals surface area contributed by atoms with Crippen LogP contribution in [0.15, 0.2) is 102 Å². The van der Waals surface area contributed by atoms with E-state index in [0.29, 0.717) is 49.4 Å². The minimum absolute atomic E-state index is 0.0302. The van der Waals surface area contributed by atoms with Gasteiger partial charge in [0.15, 0.2) is 0 Å². The van der Waals surface area contributed by atoms with Gasteiger partial charge < -0.3 is 24.0 Å². The van der Waals surface area contributed by atoms with E-state index < -0.39 is 21.7 Å². The molecule has 2 aliphatic heterocycles. The molecule has 2 aliphatic rings. The van der Waals surface area contributed by atoms with Gasteiger partial charge in [0, 0.05) is 44.1 Å². The number of piperidine rings is 1. The molecule has 0 saturated carbocycles. The third-order valence-electron chi connectivity index (χ3n) is 10.5. The maximum atomic E-state index is 14.8. The van der Waals surface area contributed by atoms with Gasteiger partial charge in [0.05, 0.1) is 36.9 Å². The number of likely N-dealkylation sites (tertiary alicyclic amines) is 2. The Labute approximate surface area is 314 Å². The van der Waals surface area contributed by atoms with Crippen molar-refractivity contribution in [3.63, 3.8) is 0 Å². The quantitative estimate of drug-likeness (QED) is 0.127. The Morgan fingerprint density at radius 2 is 1.49 bits per heavy atom. The average molecular weight is 741 g/mol. The summed E-state index contributed by atoms with van der Waals surface area (Å²) in [5.74, 6) is 0.472. The first-order valence-electron chi connectivity index (χ1n) is 18.6. The van der Waals surface area contributed by atoms with Crippen LogP contribution in [-0.4, -0.2) is 99.6 Å². The number of ether oxygens (including phenoxy) is 3. The van der Waals surface area contributed by atoms with Gasteiger partial charge in [-0.2, -0.15) is 4.31 Å². The lowest BCUT2D eigenvalue weighted by atomic mass is 9.85. The van der Waals surface area contributed by atoms with E-state index in [4.69, 9.17) is 14.2 Å². The lowest BCUT2D eigenvalue weighted by molar-refractivity contribution is -0.144. The molecular weight excluding hydrogens is 689 g/mol. The summed E-state index contributed by atoms with van der Waals surface area (Å²) in [6.07, 6.45) is 7.45. The summed E-state index contributed by atoms with van der Waals surface area (Å²) in [4.78, 5) is 22.4. The van der Waals surface area contributed by atoms with Crippen LogP contribution in [0.2, 0.25) is 0 Å². The van der Waals surface area contributed by atoms with Crippen molar-refractivity contribution in [2.45, 2.75) is 56.1 Å². The number of nitrogens with zero attached hydrogens (tertiary/aromatic N) is 4.